The molecule has 3 aromatic rings. The molecule has 0 atom stereocenters. The van der Waals surface area contributed by atoms with Gasteiger partial charge < -0.3 is 9.73 Å². The standard InChI is InChI=1S/C19H14F3NO3/c20-19(21,22)14-7-5-12(6-8-14)9-10-23-17(24)15-11-13-3-1-2-4-16(13)26-18(15)25/h1-8,11H,9-10H2,(H,23,24). The lowest BCUT2D eigenvalue weighted by Crippen LogP contribution is -2.29. The van der Waals surface area contributed by atoms with Gasteiger partial charge in [0.05, 0.1) is 5.56 Å². The summed E-state index contributed by atoms with van der Waals surface area (Å²) >= 11 is 0. The van der Waals surface area contributed by atoms with Crippen LogP contribution in [0, 0.1) is 0 Å². The number of benzene rings is 2. The number of nitrogens with one attached hydrogen (secondary N) is 1. The van der Waals surface area contributed by atoms with Gasteiger partial charge in [-0.25, -0.2) is 4.79 Å². The van der Waals surface area contributed by atoms with E-state index in [4.69, 9.17) is 4.42 Å². The molecule has 1 heterocycles. The van der Waals surface area contributed by atoms with Crippen molar-refractivity contribution in [1.82, 2.24) is 5.32 Å². The molecular weight excluding hydrogens is 347 g/mol. The minimum Gasteiger partial charge on any atom is -0.422 e. The summed E-state index contributed by atoms with van der Waals surface area (Å²) < 4.78 is 42.7. The summed E-state index contributed by atoms with van der Waals surface area (Å²) in [5.74, 6) is -0.587. The van der Waals surface area contributed by atoms with E-state index in [1.54, 1.807) is 24.3 Å². The van der Waals surface area contributed by atoms with Crippen molar-refractivity contribution < 1.29 is 22.4 Å². The number of fused-ring (bicyclic) bond motifs is 1. The first-order valence-electron chi connectivity index (χ1n) is 7.82. The van der Waals surface area contributed by atoms with Crippen LogP contribution < -0.4 is 10.9 Å². The molecule has 134 valence electrons. The summed E-state index contributed by atoms with van der Waals surface area (Å²) in [5.41, 5.74) is -0.548. The smallest absolute Gasteiger partial charge is 0.416 e. The van der Waals surface area contributed by atoms with E-state index >= 15 is 0 Å². The fourth-order valence-electron chi connectivity index (χ4n) is 2.50. The first-order chi connectivity index (χ1) is 12.3. The molecule has 26 heavy (non-hydrogen) atoms. The van der Waals surface area contributed by atoms with E-state index < -0.39 is 23.3 Å². The Bertz CT molecular complexity index is 991. The molecule has 3 rings (SSSR count). The van der Waals surface area contributed by atoms with E-state index in [9.17, 15) is 22.8 Å². The molecular formula is C19H14F3NO3. The molecule has 2 aromatic carbocycles. The van der Waals surface area contributed by atoms with Crippen LogP contribution in [0.4, 0.5) is 13.2 Å². The normalized spacial score (nSPS) is 11.5. The monoisotopic (exact) mass is 361 g/mol. The summed E-state index contributed by atoms with van der Waals surface area (Å²) in [7, 11) is 0. The number of halogens is 3. The van der Waals surface area contributed by atoms with E-state index in [0.717, 1.165) is 12.1 Å². The van der Waals surface area contributed by atoms with Crippen molar-refractivity contribution in [3.8, 4) is 0 Å². The maximum Gasteiger partial charge on any atom is 0.416 e. The van der Waals surface area contributed by atoms with Crippen molar-refractivity contribution in [1.29, 1.82) is 0 Å². The molecule has 0 saturated carbocycles. The van der Waals surface area contributed by atoms with Crippen LogP contribution >= 0.6 is 0 Å². The molecule has 0 aliphatic rings. The Hall–Kier alpha value is -3.09. The summed E-state index contributed by atoms with van der Waals surface area (Å²) in [4.78, 5) is 24.1. The van der Waals surface area contributed by atoms with E-state index in [1.165, 1.54) is 18.2 Å². The average molecular weight is 361 g/mol. The Kier molecular flexibility index (Phi) is 4.79. The zero-order valence-electron chi connectivity index (χ0n) is 13.5. The minimum absolute atomic E-state index is 0.115. The van der Waals surface area contributed by atoms with Gasteiger partial charge in [0.25, 0.3) is 5.91 Å². The quantitative estimate of drug-likeness (QED) is 0.720. The van der Waals surface area contributed by atoms with Crippen molar-refractivity contribution >= 4 is 16.9 Å². The molecule has 0 saturated heterocycles. The second-order valence-electron chi connectivity index (χ2n) is 5.69. The van der Waals surface area contributed by atoms with Crippen LogP contribution in [0.15, 0.2) is 63.8 Å². The Labute approximate surface area is 146 Å². The molecule has 1 aromatic heterocycles. The highest BCUT2D eigenvalue weighted by molar-refractivity contribution is 5.96. The van der Waals surface area contributed by atoms with Crippen molar-refractivity contribution in [3.05, 3.63) is 81.7 Å². The molecule has 0 aliphatic heterocycles. The Morgan fingerprint density at radius 2 is 1.73 bits per heavy atom. The number of carbonyl (C=O) groups excluding carboxylic acids is 1. The van der Waals surface area contributed by atoms with E-state index in [-0.39, 0.29) is 12.1 Å². The van der Waals surface area contributed by atoms with Crippen LogP contribution in [0.5, 0.6) is 0 Å². The van der Waals surface area contributed by atoms with Gasteiger partial charge in [-0.1, -0.05) is 30.3 Å². The first-order valence-corrected chi connectivity index (χ1v) is 7.82. The molecule has 0 fully saturated rings. The van der Waals surface area contributed by atoms with Crippen LogP contribution in [0.2, 0.25) is 0 Å². The zero-order valence-corrected chi connectivity index (χ0v) is 13.5. The molecule has 0 spiro atoms. The summed E-state index contributed by atoms with van der Waals surface area (Å²) in [6, 6.07) is 13.0. The fraction of sp³-hybridized carbons (Fsp3) is 0.158. The third-order valence-electron chi connectivity index (χ3n) is 3.87. The van der Waals surface area contributed by atoms with Crippen molar-refractivity contribution in [3.63, 3.8) is 0 Å². The van der Waals surface area contributed by atoms with Crippen LogP contribution in [-0.2, 0) is 12.6 Å². The van der Waals surface area contributed by atoms with Crippen LogP contribution in [-0.4, -0.2) is 12.5 Å². The van der Waals surface area contributed by atoms with Crippen LogP contribution in [0.25, 0.3) is 11.0 Å². The molecule has 0 unspecified atom stereocenters. The van der Waals surface area contributed by atoms with Gasteiger partial charge in [0.1, 0.15) is 11.1 Å². The average Bonchev–Trinajstić information content (AvgIpc) is 2.60. The zero-order chi connectivity index (χ0) is 18.7. The van der Waals surface area contributed by atoms with Crippen LogP contribution in [0.1, 0.15) is 21.5 Å². The maximum absolute atomic E-state index is 12.5. The number of hydrogen-bond acceptors (Lipinski definition) is 3. The van der Waals surface area contributed by atoms with Gasteiger partial charge in [-0.15, -0.1) is 0 Å². The van der Waals surface area contributed by atoms with Gasteiger partial charge in [-0.3, -0.25) is 4.79 Å². The van der Waals surface area contributed by atoms with Crippen molar-refractivity contribution in [2.45, 2.75) is 12.6 Å². The number of amides is 1. The predicted molar refractivity (Wildman–Crippen MR) is 90.0 cm³/mol. The van der Waals surface area contributed by atoms with Gasteiger partial charge in [0.15, 0.2) is 0 Å². The number of alkyl halides is 3. The molecule has 1 amide bonds. The van der Waals surface area contributed by atoms with E-state index in [1.807, 2.05) is 0 Å². The summed E-state index contributed by atoms with van der Waals surface area (Å²) in [6.07, 6.45) is -4.04. The van der Waals surface area contributed by atoms with Crippen molar-refractivity contribution in [2.24, 2.45) is 0 Å². The molecule has 0 bridgehead atoms. The highest BCUT2D eigenvalue weighted by Gasteiger charge is 2.29. The largest absolute Gasteiger partial charge is 0.422 e. The molecule has 0 aliphatic carbocycles. The van der Waals surface area contributed by atoms with Gasteiger partial charge in [-0.05, 0) is 36.2 Å². The highest BCUT2D eigenvalue weighted by Crippen LogP contribution is 2.29. The lowest BCUT2D eigenvalue weighted by atomic mass is 10.1. The number of carbonyl (C=O) groups is 1. The van der Waals surface area contributed by atoms with Crippen LogP contribution in [0.3, 0.4) is 0 Å². The lowest BCUT2D eigenvalue weighted by Gasteiger charge is -2.08. The second kappa shape index (κ2) is 7.03. The number of para-hydroxylation sites is 1. The van der Waals surface area contributed by atoms with Gasteiger partial charge >= 0.3 is 11.8 Å². The summed E-state index contributed by atoms with van der Waals surface area (Å²) in [6.45, 7) is 0.177. The summed E-state index contributed by atoms with van der Waals surface area (Å²) in [5, 5.41) is 3.20. The number of hydrogen-bond donors (Lipinski definition) is 1. The second-order valence-corrected chi connectivity index (χ2v) is 5.69. The Balaban J connectivity index is 1.64. The molecule has 4 nitrogen and oxygen atoms in total. The third kappa shape index (κ3) is 3.93. The topological polar surface area (TPSA) is 59.3 Å². The molecule has 7 heteroatoms. The third-order valence-corrected chi connectivity index (χ3v) is 3.87. The van der Waals surface area contributed by atoms with Gasteiger partial charge in [0.2, 0.25) is 0 Å². The minimum atomic E-state index is -4.38. The van der Waals surface area contributed by atoms with Gasteiger partial charge in [0, 0.05) is 11.9 Å². The van der Waals surface area contributed by atoms with Gasteiger partial charge in [-0.2, -0.15) is 13.2 Å². The van der Waals surface area contributed by atoms with E-state index in [2.05, 4.69) is 5.32 Å². The molecule has 0 radical (unpaired) electrons. The molecule has 1 N–H and O–H groups in total. The Morgan fingerprint density at radius 1 is 1.04 bits per heavy atom. The van der Waals surface area contributed by atoms with Crippen molar-refractivity contribution in [2.75, 3.05) is 6.54 Å². The Morgan fingerprint density at radius 3 is 2.42 bits per heavy atom. The van der Waals surface area contributed by atoms with E-state index in [0.29, 0.717) is 23.0 Å². The predicted octanol–water partition coefficient (Wildman–Crippen LogP) is 3.78. The maximum atomic E-state index is 12.5. The lowest BCUT2D eigenvalue weighted by molar-refractivity contribution is -0.137. The SMILES string of the molecule is O=C(NCCc1ccc(C(F)(F)F)cc1)c1cc2ccccc2oc1=O. The highest BCUT2D eigenvalue weighted by atomic mass is 19.4. The fourth-order valence-corrected chi connectivity index (χ4v) is 2.50. The number of rotatable bonds is 4. The first kappa shape index (κ1) is 17.7.